The number of hydrogen-bond donors (Lipinski definition) is 1. The van der Waals surface area contributed by atoms with E-state index in [1.165, 1.54) is 0 Å². The summed E-state index contributed by atoms with van der Waals surface area (Å²) in [7, 11) is 1.59. The number of carbonyl (C=O) groups is 1. The Balaban J connectivity index is 1.83. The molecule has 0 aliphatic carbocycles. The molecule has 0 spiro atoms. The lowest BCUT2D eigenvalue weighted by atomic mass is 10.3. The molecule has 0 saturated carbocycles. The maximum absolute atomic E-state index is 11.9. The van der Waals surface area contributed by atoms with Crippen molar-refractivity contribution in [2.75, 3.05) is 19.0 Å². The first-order chi connectivity index (χ1) is 10.2. The van der Waals surface area contributed by atoms with Gasteiger partial charge >= 0.3 is 0 Å². The molecule has 2 rings (SSSR count). The zero-order chi connectivity index (χ0) is 15.1. The molecule has 4 nitrogen and oxygen atoms in total. The lowest BCUT2D eigenvalue weighted by Gasteiger charge is -2.10. The molecule has 0 fully saturated rings. The predicted octanol–water partition coefficient (Wildman–Crippen LogP) is 3.71. The van der Waals surface area contributed by atoms with E-state index in [2.05, 4.69) is 27.9 Å². The number of methoxy groups -OCH3 is 1. The van der Waals surface area contributed by atoms with Gasteiger partial charge in [-0.2, -0.15) is 0 Å². The third-order valence-electron chi connectivity index (χ3n) is 2.80. The third-order valence-corrected chi connectivity index (χ3v) is 3.74. The fraction of sp³-hybridized carbons (Fsp3) is 0.188. The molecule has 2 aromatic carbocycles. The van der Waals surface area contributed by atoms with Gasteiger partial charge in [0.25, 0.3) is 0 Å². The molecule has 0 radical (unpaired) electrons. The van der Waals surface area contributed by atoms with Crippen molar-refractivity contribution in [3.05, 3.63) is 52.1 Å². The third kappa shape index (κ3) is 4.63. The van der Waals surface area contributed by atoms with Crippen LogP contribution in [0, 0.1) is 3.57 Å². The SMILES string of the molecule is COc1ccccc1OCCC(=O)Nc1ccccc1I. The Labute approximate surface area is 137 Å². The van der Waals surface area contributed by atoms with Crippen molar-refractivity contribution in [1.29, 1.82) is 0 Å². The van der Waals surface area contributed by atoms with E-state index in [0.29, 0.717) is 18.1 Å². The average molecular weight is 397 g/mol. The Morgan fingerprint density at radius 3 is 2.48 bits per heavy atom. The summed E-state index contributed by atoms with van der Waals surface area (Å²) in [6, 6.07) is 15.0. The van der Waals surface area contributed by atoms with Crippen molar-refractivity contribution in [3.8, 4) is 11.5 Å². The maximum atomic E-state index is 11.9. The molecule has 0 unspecified atom stereocenters. The molecule has 2 aromatic rings. The van der Waals surface area contributed by atoms with E-state index in [4.69, 9.17) is 9.47 Å². The van der Waals surface area contributed by atoms with Gasteiger partial charge in [-0.1, -0.05) is 24.3 Å². The number of para-hydroxylation sites is 3. The van der Waals surface area contributed by atoms with Crippen LogP contribution >= 0.6 is 22.6 Å². The highest BCUT2D eigenvalue weighted by Gasteiger charge is 2.07. The molecule has 0 aromatic heterocycles. The van der Waals surface area contributed by atoms with Crippen LogP contribution in [0.1, 0.15) is 6.42 Å². The van der Waals surface area contributed by atoms with Gasteiger partial charge in [0.1, 0.15) is 0 Å². The minimum absolute atomic E-state index is 0.0750. The molecular formula is C16H16INO3. The number of nitrogens with one attached hydrogen (secondary N) is 1. The van der Waals surface area contributed by atoms with E-state index in [0.717, 1.165) is 9.26 Å². The number of benzene rings is 2. The summed E-state index contributed by atoms with van der Waals surface area (Å²) in [6.45, 7) is 0.301. The Morgan fingerprint density at radius 1 is 1.10 bits per heavy atom. The fourth-order valence-corrected chi connectivity index (χ4v) is 2.29. The van der Waals surface area contributed by atoms with Crippen molar-refractivity contribution in [1.82, 2.24) is 0 Å². The van der Waals surface area contributed by atoms with Crippen LogP contribution in [-0.2, 0) is 4.79 Å². The minimum atomic E-state index is -0.0750. The van der Waals surface area contributed by atoms with Gasteiger partial charge in [0.15, 0.2) is 11.5 Å². The number of hydrogen-bond acceptors (Lipinski definition) is 3. The summed E-state index contributed by atoms with van der Waals surface area (Å²) in [5.41, 5.74) is 0.820. The number of amides is 1. The molecule has 1 N–H and O–H groups in total. The highest BCUT2D eigenvalue weighted by atomic mass is 127. The molecule has 0 saturated heterocycles. The van der Waals surface area contributed by atoms with E-state index in [9.17, 15) is 4.79 Å². The van der Waals surface area contributed by atoms with Gasteiger partial charge in [-0.15, -0.1) is 0 Å². The summed E-state index contributed by atoms with van der Waals surface area (Å²) in [6.07, 6.45) is 0.281. The van der Waals surface area contributed by atoms with Gasteiger partial charge in [0.05, 0.1) is 25.8 Å². The molecule has 1 amide bonds. The summed E-state index contributed by atoms with van der Waals surface area (Å²) < 4.78 is 11.8. The van der Waals surface area contributed by atoms with Gasteiger partial charge < -0.3 is 14.8 Å². The average Bonchev–Trinajstić information content (AvgIpc) is 2.50. The maximum Gasteiger partial charge on any atom is 0.227 e. The Bertz CT molecular complexity index is 616. The van der Waals surface area contributed by atoms with Gasteiger partial charge in [0.2, 0.25) is 5.91 Å². The standard InChI is InChI=1S/C16H16INO3/c1-20-14-8-4-5-9-15(14)21-11-10-16(19)18-13-7-3-2-6-12(13)17/h2-9H,10-11H2,1H3,(H,18,19). The van der Waals surface area contributed by atoms with Gasteiger partial charge in [-0.3, -0.25) is 4.79 Å². The van der Waals surface area contributed by atoms with E-state index in [1.54, 1.807) is 7.11 Å². The topological polar surface area (TPSA) is 47.6 Å². The van der Waals surface area contributed by atoms with E-state index >= 15 is 0 Å². The number of carbonyl (C=O) groups excluding carboxylic acids is 1. The summed E-state index contributed by atoms with van der Waals surface area (Å²) in [4.78, 5) is 11.9. The highest BCUT2D eigenvalue weighted by molar-refractivity contribution is 14.1. The number of ether oxygens (including phenoxy) is 2. The van der Waals surface area contributed by atoms with E-state index in [-0.39, 0.29) is 12.3 Å². The van der Waals surface area contributed by atoms with Crippen molar-refractivity contribution in [2.45, 2.75) is 6.42 Å². The van der Waals surface area contributed by atoms with Crippen LogP contribution in [0.2, 0.25) is 0 Å². The lowest BCUT2D eigenvalue weighted by Crippen LogP contribution is -2.16. The van der Waals surface area contributed by atoms with Gasteiger partial charge in [-0.05, 0) is 46.9 Å². The van der Waals surface area contributed by atoms with Crippen LogP contribution in [0.3, 0.4) is 0 Å². The Morgan fingerprint density at radius 2 is 1.76 bits per heavy atom. The number of halogens is 1. The van der Waals surface area contributed by atoms with Crippen LogP contribution < -0.4 is 14.8 Å². The molecule has 0 atom stereocenters. The first-order valence-corrected chi connectivity index (χ1v) is 7.59. The van der Waals surface area contributed by atoms with Crippen molar-refractivity contribution < 1.29 is 14.3 Å². The second kappa shape index (κ2) is 7.87. The summed E-state index contributed by atoms with van der Waals surface area (Å²) in [5, 5.41) is 2.87. The van der Waals surface area contributed by atoms with Crippen molar-refractivity contribution >= 4 is 34.2 Å². The van der Waals surface area contributed by atoms with Crippen LogP contribution in [0.15, 0.2) is 48.5 Å². The first kappa shape index (κ1) is 15.6. The van der Waals surface area contributed by atoms with Gasteiger partial charge in [0, 0.05) is 3.57 Å². The minimum Gasteiger partial charge on any atom is -0.493 e. The van der Waals surface area contributed by atoms with Gasteiger partial charge in [-0.25, -0.2) is 0 Å². The molecular weight excluding hydrogens is 381 g/mol. The monoisotopic (exact) mass is 397 g/mol. The van der Waals surface area contributed by atoms with Crippen molar-refractivity contribution in [3.63, 3.8) is 0 Å². The van der Waals surface area contributed by atoms with Crippen LogP contribution in [0.4, 0.5) is 5.69 Å². The molecule has 0 aliphatic rings. The van der Waals surface area contributed by atoms with Crippen LogP contribution in [-0.4, -0.2) is 19.6 Å². The molecule has 0 aliphatic heterocycles. The lowest BCUT2D eigenvalue weighted by molar-refractivity contribution is -0.116. The summed E-state index contributed by atoms with van der Waals surface area (Å²) >= 11 is 2.19. The van der Waals surface area contributed by atoms with Crippen LogP contribution in [0.5, 0.6) is 11.5 Å². The Kier molecular flexibility index (Phi) is 5.86. The smallest absolute Gasteiger partial charge is 0.227 e. The molecule has 110 valence electrons. The van der Waals surface area contributed by atoms with Crippen molar-refractivity contribution in [2.24, 2.45) is 0 Å². The fourth-order valence-electron chi connectivity index (χ4n) is 1.77. The Hall–Kier alpha value is -1.76. The second-order valence-corrected chi connectivity index (χ2v) is 5.44. The summed E-state index contributed by atoms with van der Waals surface area (Å²) in [5.74, 6) is 1.23. The number of rotatable bonds is 6. The zero-order valence-corrected chi connectivity index (χ0v) is 13.8. The van der Waals surface area contributed by atoms with Crippen LogP contribution in [0.25, 0.3) is 0 Å². The predicted molar refractivity (Wildman–Crippen MR) is 90.9 cm³/mol. The first-order valence-electron chi connectivity index (χ1n) is 6.51. The normalized spacial score (nSPS) is 10.0. The molecule has 5 heteroatoms. The largest absolute Gasteiger partial charge is 0.493 e. The second-order valence-electron chi connectivity index (χ2n) is 4.28. The zero-order valence-electron chi connectivity index (χ0n) is 11.6. The molecule has 0 bridgehead atoms. The number of anilines is 1. The molecule has 21 heavy (non-hydrogen) atoms. The van der Waals surface area contributed by atoms with E-state index < -0.39 is 0 Å². The van der Waals surface area contributed by atoms with E-state index in [1.807, 2.05) is 48.5 Å². The highest BCUT2D eigenvalue weighted by Crippen LogP contribution is 2.25. The molecule has 0 heterocycles. The quantitative estimate of drug-likeness (QED) is 0.757.